The Morgan fingerprint density at radius 2 is 1.89 bits per heavy atom. The Morgan fingerprint density at radius 3 is 2.32 bits per heavy atom. The van der Waals surface area contributed by atoms with Gasteiger partial charge < -0.3 is 5.32 Å². The molecule has 19 heavy (non-hydrogen) atoms. The van der Waals surface area contributed by atoms with E-state index in [1.165, 1.54) is 6.20 Å². The Kier molecular flexibility index (Phi) is 4.81. The SMILES string of the molecule is C=C(CC)/C(=N\C)NC=C1C(=O)CC(C)(C)CC1=O. The van der Waals surface area contributed by atoms with Gasteiger partial charge in [-0.3, -0.25) is 14.6 Å². The maximum Gasteiger partial charge on any atom is 0.168 e. The van der Waals surface area contributed by atoms with Gasteiger partial charge in [-0.15, -0.1) is 0 Å². The number of amidine groups is 1. The predicted molar refractivity (Wildman–Crippen MR) is 77.0 cm³/mol. The highest BCUT2D eigenvalue weighted by atomic mass is 16.1. The molecule has 1 fully saturated rings. The molecule has 104 valence electrons. The van der Waals surface area contributed by atoms with Gasteiger partial charge in [-0.05, 0) is 17.4 Å². The average Bonchev–Trinajstić information content (AvgIpc) is 2.30. The number of hydrogen-bond acceptors (Lipinski definition) is 3. The first kappa shape index (κ1) is 15.3. The monoisotopic (exact) mass is 262 g/mol. The summed E-state index contributed by atoms with van der Waals surface area (Å²) in [5.74, 6) is 0.401. The normalized spacial score (nSPS) is 19.4. The average molecular weight is 262 g/mol. The number of nitrogens with zero attached hydrogens (tertiary/aromatic N) is 1. The van der Waals surface area contributed by atoms with E-state index >= 15 is 0 Å². The number of ketones is 2. The maximum absolute atomic E-state index is 12.0. The topological polar surface area (TPSA) is 58.5 Å². The van der Waals surface area contributed by atoms with Gasteiger partial charge >= 0.3 is 0 Å². The summed E-state index contributed by atoms with van der Waals surface area (Å²) in [6.07, 6.45) is 3.04. The lowest BCUT2D eigenvalue weighted by atomic mass is 9.74. The van der Waals surface area contributed by atoms with Crippen LogP contribution in [0.4, 0.5) is 0 Å². The minimum atomic E-state index is -0.236. The van der Waals surface area contributed by atoms with Crippen LogP contribution in [0, 0.1) is 5.41 Å². The van der Waals surface area contributed by atoms with Gasteiger partial charge in [-0.2, -0.15) is 0 Å². The van der Waals surface area contributed by atoms with Crippen LogP contribution < -0.4 is 5.32 Å². The van der Waals surface area contributed by atoms with Gasteiger partial charge in [-0.1, -0.05) is 27.4 Å². The molecule has 0 spiro atoms. The fourth-order valence-electron chi connectivity index (χ4n) is 2.07. The van der Waals surface area contributed by atoms with Crippen LogP contribution in [-0.2, 0) is 9.59 Å². The summed E-state index contributed by atoms with van der Waals surface area (Å²) in [7, 11) is 1.65. The molecule has 0 aliphatic heterocycles. The van der Waals surface area contributed by atoms with E-state index in [1.54, 1.807) is 7.05 Å². The largest absolute Gasteiger partial charge is 0.346 e. The summed E-state index contributed by atoms with van der Waals surface area (Å²) in [4.78, 5) is 28.0. The second-order valence-corrected chi connectivity index (χ2v) is 5.60. The van der Waals surface area contributed by atoms with Crippen molar-refractivity contribution in [2.24, 2.45) is 10.4 Å². The Bertz CT molecular complexity index is 449. The van der Waals surface area contributed by atoms with Crippen molar-refractivity contribution < 1.29 is 9.59 Å². The second kappa shape index (κ2) is 5.95. The molecule has 0 heterocycles. The highest BCUT2D eigenvalue weighted by molar-refractivity contribution is 6.22. The van der Waals surface area contributed by atoms with E-state index in [4.69, 9.17) is 0 Å². The number of hydrogen-bond donors (Lipinski definition) is 1. The van der Waals surface area contributed by atoms with E-state index in [-0.39, 0.29) is 22.6 Å². The van der Waals surface area contributed by atoms with Gasteiger partial charge in [0.15, 0.2) is 11.6 Å². The first-order chi connectivity index (χ1) is 8.80. The number of aliphatic imine (C=N–C) groups is 1. The Hall–Kier alpha value is -1.71. The fourth-order valence-corrected chi connectivity index (χ4v) is 2.07. The van der Waals surface area contributed by atoms with Gasteiger partial charge in [0, 0.05) is 26.1 Å². The molecule has 1 saturated carbocycles. The van der Waals surface area contributed by atoms with Crippen molar-refractivity contribution in [3.63, 3.8) is 0 Å². The van der Waals surface area contributed by atoms with Crippen LogP contribution >= 0.6 is 0 Å². The smallest absolute Gasteiger partial charge is 0.168 e. The summed E-state index contributed by atoms with van der Waals surface area (Å²) in [6.45, 7) is 9.72. The zero-order valence-electron chi connectivity index (χ0n) is 12.2. The third-order valence-electron chi connectivity index (χ3n) is 3.22. The molecular formula is C15H22N2O2. The first-order valence-corrected chi connectivity index (χ1v) is 6.48. The minimum Gasteiger partial charge on any atom is -0.346 e. The van der Waals surface area contributed by atoms with Crippen LogP contribution in [0.5, 0.6) is 0 Å². The molecule has 1 aliphatic rings. The van der Waals surface area contributed by atoms with E-state index in [2.05, 4.69) is 16.9 Å². The summed E-state index contributed by atoms with van der Waals surface area (Å²) in [5.41, 5.74) is 0.847. The molecule has 0 atom stereocenters. The Morgan fingerprint density at radius 1 is 1.37 bits per heavy atom. The molecule has 0 radical (unpaired) electrons. The number of Topliss-reactive ketones (excluding diaryl/α,β-unsaturated/α-hetero) is 2. The zero-order valence-corrected chi connectivity index (χ0v) is 12.2. The van der Waals surface area contributed by atoms with E-state index in [0.29, 0.717) is 18.7 Å². The third kappa shape index (κ3) is 3.88. The zero-order chi connectivity index (χ0) is 14.6. The fraction of sp³-hybridized carbons (Fsp3) is 0.533. The van der Waals surface area contributed by atoms with Crippen molar-refractivity contribution in [1.82, 2.24) is 5.32 Å². The summed E-state index contributed by atoms with van der Waals surface area (Å²) in [5, 5.41) is 2.92. The Balaban J connectivity index is 2.86. The molecule has 1 rings (SSSR count). The highest BCUT2D eigenvalue weighted by Gasteiger charge is 2.35. The molecule has 0 amide bonds. The lowest BCUT2D eigenvalue weighted by Crippen LogP contribution is -2.33. The predicted octanol–water partition coefficient (Wildman–Crippen LogP) is 2.41. The lowest BCUT2D eigenvalue weighted by molar-refractivity contribution is -0.127. The summed E-state index contributed by atoms with van der Waals surface area (Å²) < 4.78 is 0. The molecule has 0 unspecified atom stereocenters. The molecule has 1 N–H and O–H groups in total. The van der Waals surface area contributed by atoms with Crippen molar-refractivity contribution in [2.75, 3.05) is 7.05 Å². The number of carbonyl (C=O) groups is 2. The van der Waals surface area contributed by atoms with Gasteiger partial charge in [-0.25, -0.2) is 0 Å². The number of rotatable bonds is 3. The number of carbonyl (C=O) groups excluding carboxylic acids is 2. The molecule has 4 nitrogen and oxygen atoms in total. The van der Waals surface area contributed by atoms with Crippen LogP contribution in [0.15, 0.2) is 28.9 Å². The van der Waals surface area contributed by atoms with Crippen molar-refractivity contribution in [2.45, 2.75) is 40.0 Å². The Labute approximate surface area is 114 Å². The molecule has 1 aliphatic carbocycles. The van der Waals surface area contributed by atoms with Crippen molar-refractivity contribution in [3.8, 4) is 0 Å². The summed E-state index contributed by atoms with van der Waals surface area (Å²) in [6, 6.07) is 0. The molecule has 0 bridgehead atoms. The second-order valence-electron chi connectivity index (χ2n) is 5.60. The van der Waals surface area contributed by atoms with E-state index in [9.17, 15) is 9.59 Å². The van der Waals surface area contributed by atoms with E-state index in [0.717, 1.165) is 12.0 Å². The molecule has 4 heteroatoms. The lowest BCUT2D eigenvalue weighted by Gasteiger charge is -2.28. The van der Waals surface area contributed by atoms with Crippen molar-refractivity contribution in [1.29, 1.82) is 0 Å². The van der Waals surface area contributed by atoms with Crippen molar-refractivity contribution >= 4 is 17.4 Å². The van der Waals surface area contributed by atoms with Gasteiger partial charge in [0.1, 0.15) is 5.84 Å². The van der Waals surface area contributed by atoms with Crippen LogP contribution in [0.3, 0.4) is 0 Å². The van der Waals surface area contributed by atoms with Crippen LogP contribution in [0.2, 0.25) is 0 Å². The number of nitrogens with one attached hydrogen (secondary N) is 1. The number of allylic oxidation sites excluding steroid dienone is 1. The van der Waals surface area contributed by atoms with Gasteiger partial charge in [0.25, 0.3) is 0 Å². The van der Waals surface area contributed by atoms with E-state index in [1.807, 2.05) is 20.8 Å². The molecule has 0 saturated heterocycles. The van der Waals surface area contributed by atoms with Crippen molar-refractivity contribution in [3.05, 3.63) is 23.9 Å². The van der Waals surface area contributed by atoms with Crippen LogP contribution in [-0.4, -0.2) is 24.4 Å². The third-order valence-corrected chi connectivity index (χ3v) is 3.22. The minimum absolute atomic E-state index is 0.105. The first-order valence-electron chi connectivity index (χ1n) is 6.48. The highest BCUT2D eigenvalue weighted by Crippen LogP contribution is 2.33. The van der Waals surface area contributed by atoms with Crippen LogP contribution in [0.1, 0.15) is 40.0 Å². The van der Waals surface area contributed by atoms with Gasteiger partial charge in [0.2, 0.25) is 0 Å². The van der Waals surface area contributed by atoms with E-state index < -0.39 is 0 Å². The maximum atomic E-state index is 12.0. The standard InChI is InChI=1S/C15H22N2O2/c1-6-10(2)14(16-5)17-9-11-12(18)7-15(3,4)8-13(11)19/h9H,2,6-8H2,1,3-5H3,(H,16,17). The molecule has 0 aromatic heterocycles. The molecular weight excluding hydrogens is 240 g/mol. The molecule has 0 aromatic carbocycles. The van der Waals surface area contributed by atoms with Crippen LogP contribution in [0.25, 0.3) is 0 Å². The molecule has 0 aromatic rings. The summed E-state index contributed by atoms with van der Waals surface area (Å²) >= 11 is 0. The quantitative estimate of drug-likeness (QED) is 0.368. The van der Waals surface area contributed by atoms with Gasteiger partial charge in [0.05, 0.1) is 5.57 Å².